The van der Waals surface area contributed by atoms with Crippen molar-refractivity contribution in [3.8, 4) is 11.3 Å². The Morgan fingerprint density at radius 2 is 1.67 bits per heavy atom. The number of carbonyl (C=O) groups is 2. The van der Waals surface area contributed by atoms with E-state index in [2.05, 4.69) is 11.8 Å². The molecule has 0 spiro atoms. The SMILES string of the molecule is CCCN1CCN(C(=O)Cn2c(C)c(C(=O)OCC)c(C)c2-c2ccccc2)CC1. The van der Waals surface area contributed by atoms with E-state index in [-0.39, 0.29) is 18.4 Å². The maximum Gasteiger partial charge on any atom is 0.340 e. The van der Waals surface area contributed by atoms with E-state index in [0.29, 0.717) is 12.2 Å². The van der Waals surface area contributed by atoms with Gasteiger partial charge in [-0.05, 0) is 44.9 Å². The first-order chi connectivity index (χ1) is 14.5. The topological polar surface area (TPSA) is 54.8 Å². The van der Waals surface area contributed by atoms with Crippen LogP contribution in [-0.4, -0.2) is 65.6 Å². The van der Waals surface area contributed by atoms with E-state index >= 15 is 0 Å². The second-order valence-corrected chi connectivity index (χ2v) is 7.83. The number of carbonyl (C=O) groups excluding carboxylic acids is 2. The Balaban J connectivity index is 1.90. The number of hydrogen-bond acceptors (Lipinski definition) is 4. The van der Waals surface area contributed by atoms with Crippen molar-refractivity contribution in [3.63, 3.8) is 0 Å². The van der Waals surface area contributed by atoms with Crippen molar-refractivity contribution in [1.82, 2.24) is 14.4 Å². The van der Waals surface area contributed by atoms with Crippen LogP contribution in [0.15, 0.2) is 30.3 Å². The third-order valence-electron chi connectivity index (χ3n) is 5.85. The minimum absolute atomic E-state index is 0.0943. The normalized spacial score (nSPS) is 14.7. The molecule has 30 heavy (non-hydrogen) atoms. The first-order valence-corrected chi connectivity index (χ1v) is 10.9. The average Bonchev–Trinajstić information content (AvgIpc) is 2.99. The fourth-order valence-corrected chi connectivity index (χ4v) is 4.34. The van der Waals surface area contributed by atoms with E-state index in [1.807, 2.05) is 53.6 Å². The van der Waals surface area contributed by atoms with Gasteiger partial charge in [0.1, 0.15) is 6.54 Å². The van der Waals surface area contributed by atoms with Crippen LogP contribution in [-0.2, 0) is 16.1 Å². The fraction of sp³-hybridized carbons (Fsp3) is 0.500. The van der Waals surface area contributed by atoms with Gasteiger partial charge in [0, 0.05) is 31.9 Å². The molecule has 2 heterocycles. The molecule has 162 valence electrons. The van der Waals surface area contributed by atoms with Gasteiger partial charge >= 0.3 is 5.97 Å². The average molecular weight is 412 g/mol. The van der Waals surface area contributed by atoms with Gasteiger partial charge in [0.15, 0.2) is 0 Å². The molecule has 0 saturated carbocycles. The second-order valence-electron chi connectivity index (χ2n) is 7.83. The summed E-state index contributed by atoms with van der Waals surface area (Å²) in [4.78, 5) is 30.1. The molecule has 0 radical (unpaired) electrons. The molecule has 0 atom stereocenters. The Kier molecular flexibility index (Phi) is 7.32. The molecule has 0 aliphatic carbocycles. The Hall–Kier alpha value is -2.60. The highest BCUT2D eigenvalue weighted by molar-refractivity contribution is 5.95. The second kappa shape index (κ2) is 9.94. The molecule has 2 aromatic rings. The van der Waals surface area contributed by atoms with Crippen LogP contribution in [0.2, 0.25) is 0 Å². The maximum atomic E-state index is 13.2. The highest BCUT2D eigenvalue weighted by Gasteiger charge is 2.27. The number of benzene rings is 1. The molecule has 1 saturated heterocycles. The lowest BCUT2D eigenvalue weighted by molar-refractivity contribution is -0.133. The minimum Gasteiger partial charge on any atom is -0.462 e. The van der Waals surface area contributed by atoms with Crippen LogP contribution in [0.1, 0.15) is 41.9 Å². The fourth-order valence-electron chi connectivity index (χ4n) is 4.34. The Labute approximate surface area is 179 Å². The zero-order chi connectivity index (χ0) is 21.7. The third kappa shape index (κ3) is 4.59. The Morgan fingerprint density at radius 1 is 1.00 bits per heavy atom. The molecule has 6 heteroatoms. The van der Waals surface area contributed by atoms with Gasteiger partial charge in [-0.1, -0.05) is 37.3 Å². The zero-order valence-corrected chi connectivity index (χ0v) is 18.6. The lowest BCUT2D eigenvalue weighted by atomic mass is 10.1. The molecule has 3 rings (SSSR count). The van der Waals surface area contributed by atoms with Crippen molar-refractivity contribution in [2.24, 2.45) is 0 Å². The summed E-state index contributed by atoms with van der Waals surface area (Å²) in [6.07, 6.45) is 1.13. The van der Waals surface area contributed by atoms with E-state index in [4.69, 9.17) is 4.74 Å². The smallest absolute Gasteiger partial charge is 0.340 e. The number of piperazine rings is 1. The summed E-state index contributed by atoms with van der Waals surface area (Å²) in [6, 6.07) is 9.94. The van der Waals surface area contributed by atoms with Gasteiger partial charge in [-0.25, -0.2) is 4.79 Å². The van der Waals surface area contributed by atoms with Crippen LogP contribution in [0.3, 0.4) is 0 Å². The molecule has 1 aromatic heterocycles. The first kappa shape index (κ1) is 22.1. The summed E-state index contributed by atoms with van der Waals surface area (Å²) in [6.45, 7) is 12.8. The van der Waals surface area contributed by atoms with Gasteiger partial charge in [0.2, 0.25) is 5.91 Å². The van der Waals surface area contributed by atoms with Crippen LogP contribution in [0.4, 0.5) is 0 Å². The molecule has 0 bridgehead atoms. The maximum absolute atomic E-state index is 13.2. The minimum atomic E-state index is -0.330. The lowest BCUT2D eigenvalue weighted by Gasteiger charge is -2.34. The molecular weight excluding hydrogens is 378 g/mol. The summed E-state index contributed by atoms with van der Waals surface area (Å²) < 4.78 is 7.28. The largest absolute Gasteiger partial charge is 0.462 e. The van der Waals surface area contributed by atoms with Crippen molar-refractivity contribution in [2.45, 2.75) is 40.7 Å². The molecule has 1 amide bonds. The molecule has 6 nitrogen and oxygen atoms in total. The predicted octanol–water partition coefficient (Wildman–Crippen LogP) is 3.50. The first-order valence-electron chi connectivity index (χ1n) is 10.9. The zero-order valence-electron chi connectivity index (χ0n) is 18.6. The van der Waals surface area contributed by atoms with E-state index in [1.165, 1.54) is 0 Å². The highest BCUT2D eigenvalue weighted by atomic mass is 16.5. The summed E-state index contributed by atoms with van der Waals surface area (Å²) >= 11 is 0. The van der Waals surface area contributed by atoms with Crippen LogP contribution < -0.4 is 0 Å². The van der Waals surface area contributed by atoms with Crippen LogP contribution in [0.5, 0.6) is 0 Å². The molecule has 1 fully saturated rings. The number of hydrogen-bond donors (Lipinski definition) is 0. The number of aromatic nitrogens is 1. The van der Waals surface area contributed by atoms with E-state index < -0.39 is 0 Å². The molecule has 1 aliphatic heterocycles. The third-order valence-corrected chi connectivity index (χ3v) is 5.85. The van der Waals surface area contributed by atoms with Crippen molar-refractivity contribution >= 4 is 11.9 Å². The molecule has 1 aromatic carbocycles. The highest BCUT2D eigenvalue weighted by Crippen LogP contribution is 2.32. The summed E-state index contributed by atoms with van der Waals surface area (Å²) in [5, 5.41) is 0. The summed E-state index contributed by atoms with van der Waals surface area (Å²) in [5.74, 6) is -0.235. The lowest BCUT2D eigenvalue weighted by Crippen LogP contribution is -2.49. The van der Waals surface area contributed by atoms with Crippen molar-refractivity contribution in [2.75, 3.05) is 39.3 Å². The molecule has 0 N–H and O–H groups in total. The van der Waals surface area contributed by atoms with Crippen molar-refractivity contribution in [3.05, 3.63) is 47.2 Å². The van der Waals surface area contributed by atoms with Gasteiger partial charge in [-0.2, -0.15) is 0 Å². The van der Waals surface area contributed by atoms with Crippen LogP contribution >= 0.6 is 0 Å². The van der Waals surface area contributed by atoms with Gasteiger partial charge in [-0.15, -0.1) is 0 Å². The van der Waals surface area contributed by atoms with Crippen molar-refractivity contribution in [1.29, 1.82) is 0 Å². The van der Waals surface area contributed by atoms with Gasteiger partial charge in [0.25, 0.3) is 0 Å². The van der Waals surface area contributed by atoms with Gasteiger partial charge < -0.3 is 14.2 Å². The van der Waals surface area contributed by atoms with Gasteiger partial charge in [0.05, 0.1) is 17.9 Å². The summed E-state index contributed by atoms with van der Waals surface area (Å²) in [7, 11) is 0. The number of amides is 1. The monoisotopic (exact) mass is 411 g/mol. The molecule has 0 unspecified atom stereocenters. The van der Waals surface area contributed by atoms with Crippen molar-refractivity contribution < 1.29 is 14.3 Å². The summed E-state index contributed by atoms with van der Waals surface area (Å²) in [5.41, 5.74) is 4.11. The molecular formula is C24H33N3O3. The number of esters is 1. The van der Waals surface area contributed by atoms with E-state index in [0.717, 1.165) is 61.7 Å². The van der Waals surface area contributed by atoms with E-state index in [9.17, 15) is 9.59 Å². The quantitative estimate of drug-likeness (QED) is 0.655. The number of ether oxygens (including phenoxy) is 1. The van der Waals surface area contributed by atoms with E-state index in [1.54, 1.807) is 6.92 Å². The number of nitrogens with zero attached hydrogens (tertiary/aromatic N) is 3. The predicted molar refractivity (Wildman–Crippen MR) is 119 cm³/mol. The Bertz CT molecular complexity index is 881. The van der Waals surface area contributed by atoms with Gasteiger partial charge in [-0.3, -0.25) is 9.69 Å². The number of rotatable bonds is 7. The van der Waals surface area contributed by atoms with Crippen LogP contribution in [0, 0.1) is 13.8 Å². The van der Waals surface area contributed by atoms with Crippen LogP contribution in [0.25, 0.3) is 11.3 Å². The Morgan fingerprint density at radius 3 is 2.27 bits per heavy atom. The standard InChI is InChI=1S/C24H33N3O3/c1-5-12-25-13-15-26(16-14-25)21(28)17-27-19(4)22(24(29)30-6-2)18(3)23(27)20-10-8-7-9-11-20/h7-11H,5-6,12-17H2,1-4H3. The molecule has 1 aliphatic rings.